The van der Waals surface area contributed by atoms with Gasteiger partial charge >= 0.3 is 0 Å². The lowest BCUT2D eigenvalue weighted by molar-refractivity contribution is -0.132. The van der Waals surface area contributed by atoms with E-state index in [0.717, 1.165) is 57.8 Å². The fourth-order valence-electron chi connectivity index (χ4n) is 6.98. The summed E-state index contributed by atoms with van der Waals surface area (Å²) < 4.78 is 0. The Labute approximate surface area is 340 Å². The number of aliphatic hydroxyl groups excluding tert-OH is 4. The van der Waals surface area contributed by atoms with Crippen LogP contribution in [0.5, 0.6) is 0 Å². The van der Waals surface area contributed by atoms with Crippen LogP contribution in [0.25, 0.3) is 0 Å². The van der Waals surface area contributed by atoms with Crippen LogP contribution < -0.4 is 5.32 Å². The van der Waals surface area contributed by atoms with Crippen LogP contribution in [0, 0.1) is 0 Å². The number of carbonyl (C=O) groups is 1. The van der Waals surface area contributed by atoms with Gasteiger partial charge in [-0.3, -0.25) is 4.79 Å². The van der Waals surface area contributed by atoms with Gasteiger partial charge in [0.15, 0.2) is 0 Å². The predicted octanol–water partition coefficient (Wildman–Crippen LogP) is 12.7. The van der Waals surface area contributed by atoms with Crippen molar-refractivity contribution in [2.45, 2.75) is 250 Å². The first-order valence-corrected chi connectivity index (χ1v) is 23.5. The SMILES string of the molecule is CCCCC/C=C\C/C=C\CCCCCCCCC(O)C(=O)NC(CO)C(O)C(O)CCC/C=C/CC/C=C/CCCCCCCCCCCCCCCC. The zero-order valence-corrected chi connectivity index (χ0v) is 36.2. The Kier molecular flexibility index (Phi) is 42.0. The standard InChI is InChI=1S/C49H91NO5/c1-3-5-7-9-11-13-15-17-19-21-22-23-24-25-26-27-29-30-32-34-36-38-40-42-46(52)48(54)45(44-51)50-49(55)47(53)43-41-39-37-35-33-31-28-20-18-16-14-12-10-8-6-4-2/h12,14,18,20,27,29,34,36,45-48,51-54H,3-11,13,15-17,19,21-26,28,30-33,35,37-44H2,1-2H3,(H,50,55)/b14-12-,20-18-,29-27+,36-34+. The molecule has 322 valence electrons. The lowest BCUT2D eigenvalue weighted by atomic mass is 10.00. The lowest BCUT2D eigenvalue weighted by Crippen LogP contribution is -2.53. The van der Waals surface area contributed by atoms with Gasteiger partial charge < -0.3 is 25.7 Å². The maximum absolute atomic E-state index is 12.5. The third-order valence-electron chi connectivity index (χ3n) is 10.7. The molecule has 55 heavy (non-hydrogen) atoms. The Balaban J connectivity index is 3.79. The van der Waals surface area contributed by atoms with Gasteiger partial charge in [-0.05, 0) is 83.5 Å². The second-order valence-corrected chi connectivity index (χ2v) is 16.1. The normalized spacial score (nSPS) is 14.5. The molecule has 6 heteroatoms. The summed E-state index contributed by atoms with van der Waals surface area (Å²) in [5.74, 6) is -0.607. The van der Waals surface area contributed by atoms with Gasteiger partial charge in [0.2, 0.25) is 5.91 Å². The highest BCUT2D eigenvalue weighted by Gasteiger charge is 2.28. The van der Waals surface area contributed by atoms with E-state index in [1.807, 2.05) is 0 Å². The Morgan fingerprint density at radius 3 is 1.29 bits per heavy atom. The number of amides is 1. The first kappa shape index (κ1) is 53.3. The van der Waals surface area contributed by atoms with Crippen molar-refractivity contribution in [2.24, 2.45) is 0 Å². The van der Waals surface area contributed by atoms with Gasteiger partial charge in [-0.2, -0.15) is 0 Å². The van der Waals surface area contributed by atoms with Gasteiger partial charge in [0, 0.05) is 0 Å². The number of aliphatic hydroxyl groups is 4. The number of rotatable bonds is 42. The van der Waals surface area contributed by atoms with Gasteiger partial charge in [-0.1, -0.05) is 191 Å². The maximum atomic E-state index is 12.5. The Morgan fingerprint density at radius 1 is 0.455 bits per heavy atom. The number of allylic oxidation sites excluding steroid dienone is 8. The fourth-order valence-corrected chi connectivity index (χ4v) is 6.98. The smallest absolute Gasteiger partial charge is 0.249 e. The molecule has 0 spiro atoms. The molecule has 0 aliphatic heterocycles. The number of nitrogens with one attached hydrogen (secondary N) is 1. The van der Waals surface area contributed by atoms with Gasteiger partial charge in [-0.15, -0.1) is 0 Å². The minimum absolute atomic E-state index is 0.346. The van der Waals surface area contributed by atoms with Crippen molar-refractivity contribution in [1.82, 2.24) is 5.32 Å². The van der Waals surface area contributed by atoms with Crippen molar-refractivity contribution in [1.29, 1.82) is 0 Å². The predicted molar refractivity (Wildman–Crippen MR) is 237 cm³/mol. The van der Waals surface area contributed by atoms with E-state index < -0.39 is 36.9 Å². The lowest BCUT2D eigenvalue weighted by Gasteiger charge is -2.27. The molecule has 0 fully saturated rings. The molecular formula is C49H91NO5. The van der Waals surface area contributed by atoms with Crippen LogP contribution in [0.15, 0.2) is 48.6 Å². The molecule has 6 nitrogen and oxygen atoms in total. The molecule has 0 heterocycles. The fraction of sp³-hybridized carbons (Fsp3) is 0.816. The summed E-state index contributed by atoms with van der Waals surface area (Å²) in [4.78, 5) is 12.5. The van der Waals surface area contributed by atoms with E-state index in [0.29, 0.717) is 19.3 Å². The molecule has 1 amide bonds. The maximum Gasteiger partial charge on any atom is 0.249 e. The molecule has 4 unspecified atom stereocenters. The minimum atomic E-state index is -1.29. The minimum Gasteiger partial charge on any atom is -0.394 e. The average Bonchev–Trinajstić information content (AvgIpc) is 3.19. The monoisotopic (exact) mass is 774 g/mol. The number of unbranched alkanes of at least 4 members (excludes halogenated alkanes) is 25. The molecule has 0 radical (unpaired) electrons. The van der Waals surface area contributed by atoms with Gasteiger partial charge in [0.25, 0.3) is 0 Å². The van der Waals surface area contributed by atoms with Gasteiger partial charge in [0.05, 0.1) is 18.8 Å². The summed E-state index contributed by atoms with van der Waals surface area (Å²) in [5.41, 5.74) is 0. The summed E-state index contributed by atoms with van der Waals surface area (Å²) in [6, 6.07) is -1.01. The van der Waals surface area contributed by atoms with Gasteiger partial charge in [0.1, 0.15) is 12.2 Å². The second-order valence-electron chi connectivity index (χ2n) is 16.1. The quantitative estimate of drug-likeness (QED) is 0.0313. The molecule has 0 aromatic carbocycles. The third kappa shape index (κ3) is 37.6. The van der Waals surface area contributed by atoms with Crippen LogP contribution in [0.1, 0.15) is 226 Å². The second kappa shape index (κ2) is 43.4. The zero-order chi connectivity index (χ0) is 40.3. The largest absolute Gasteiger partial charge is 0.394 e. The number of carbonyl (C=O) groups excluding carboxylic acids is 1. The van der Waals surface area contributed by atoms with Crippen molar-refractivity contribution in [3.63, 3.8) is 0 Å². The summed E-state index contributed by atoms with van der Waals surface area (Å²) in [6.07, 6.45) is 52.9. The molecule has 4 atom stereocenters. The molecule has 5 N–H and O–H groups in total. The molecule has 0 saturated heterocycles. The van der Waals surface area contributed by atoms with Crippen molar-refractivity contribution in [2.75, 3.05) is 6.61 Å². The Hall–Kier alpha value is -1.73. The molecule has 0 bridgehead atoms. The molecule has 0 aliphatic rings. The van der Waals surface area contributed by atoms with E-state index >= 15 is 0 Å². The van der Waals surface area contributed by atoms with Crippen molar-refractivity contribution in [3.05, 3.63) is 48.6 Å². The van der Waals surface area contributed by atoms with E-state index in [1.165, 1.54) is 135 Å². The van der Waals surface area contributed by atoms with Crippen molar-refractivity contribution in [3.8, 4) is 0 Å². The van der Waals surface area contributed by atoms with Crippen LogP contribution in [0.3, 0.4) is 0 Å². The van der Waals surface area contributed by atoms with Crippen LogP contribution in [-0.4, -0.2) is 57.3 Å². The first-order valence-electron chi connectivity index (χ1n) is 23.5. The van der Waals surface area contributed by atoms with Crippen LogP contribution in [0.2, 0.25) is 0 Å². The molecule has 0 aromatic heterocycles. The van der Waals surface area contributed by atoms with E-state index in [2.05, 4.69) is 67.8 Å². The summed E-state index contributed by atoms with van der Waals surface area (Å²) in [5, 5.41) is 43.7. The molecule has 0 saturated carbocycles. The summed E-state index contributed by atoms with van der Waals surface area (Å²) in [6.45, 7) is 4.01. The molecule has 0 rings (SSSR count). The third-order valence-corrected chi connectivity index (χ3v) is 10.7. The highest BCUT2D eigenvalue weighted by atomic mass is 16.3. The highest BCUT2D eigenvalue weighted by molar-refractivity contribution is 5.80. The number of hydrogen-bond acceptors (Lipinski definition) is 5. The average molecular weight is 774 g/mol. The summed E-state index contributed by atoms with van der Waals surface area (Å²) in [7, 11) is 0. The molecule has 0 aliphatic carbocycles. The number of hydrogen-bond donors (Lipinski definition) is 5. The van der Waals surface area contributed by atoms with E-state index in [-0.39, 0.29) is 0 Å². The molecular weight excluding hydrogens is 683 g/mol. The van der Waals surface area contributed by atoms with Crippen LogP contribution in [0.4, 0.5) is 0 Å². The Morgan fingerprint density at radius 2 is 0.818 bits per heavy atom. The summed E-state index contributed by atoms with van der Waals surface area (Å²) >= 11 is 0. The van der Waals surface area contributed by atoms with Crippen molar-refractivity contribution < 1.29 is 25.2 Å². The van der Waals surface area contributed by atoms with E-state index in [9.17, 15) is 25.2 Å². The van der Waals surface area contributed by atoms with Crippen LogP contribution >= 0.6 is 0 Å². The van der Waals surface area contributed by atoms with Gasteiger partial charge in [-0.25, -0.2) is 0 Å². The highest BCUT2D eigenvalue weighted by Crippen LogP contribution is 2.15. The van der Waals surface area contributed by atoms with Crippen molar-refractivity contribution >= 4 is 5.91 Å². The van der Waals surface area contributed by atoms with Crippen LogP contribution in [-0.2, 0) is 4.79 Å². The Bertz CT molecular complexity index is 915. The van der Waals surface area contributed by atoms with E-state index in [4.69, 9.17) is 0 Å². The van der Waals surface area contributed by atoms with E-state index in [1.54, 1.807) is 0 Å². The molecule has 0 aromatic rings. The zero-order valence-electron chi connectivity index (χ0n) is 36.2. The topological polar surface area (TPSA) is 110 Å². The first-order chi connectivity index (χ1) is 27.0.